The zero-order chi connectivity index (χ0) is 12.7. The number of benzene rings is 1. The number of phenols is 1. The zero-order valence-corrected chi connectivity index (χ0v) is 9.58. The number of aromatic hydroxyl groups is 1. The van der Waals surface area contributed by atoms with Gasteiger partial charge in [-0.25, -0.2) is 9.97 Å². The minimum Gasteiger partial charge on any atom is -0.506 e. The molecule has 2 aromatic heterocycles. The van der Waals surface area contributed by atoms with Crippen molar-refractivity contribution in [1.82, 2.24) is 19.5 Å². The molecule has 0 aliphatic heterocycles. The minimum atomic E-state index is -0.284. The first-order valence-electron chi connectivity index (χ1n) is 5.34. The Morgan fingerprint density at radius 3 is 2.89 bits per heavy atom. The molecule has 0 spiro atoms. The van der Waals surface area contributed by atoms with Crippen LogP contribution in [0, 0.1) is 0 Å². The van der Waals surface area contributed by atoms with E-state index in [9.17, 15) is 9.90 Å². The van der Waals surface area contributed by atoms with E-state index in [2.05, 4.69) is 15.0 Å². The van der Waals surface area contributed by atoms with Crippen LogP contribution in [0.5, 0.6) is 5.75 Å². The molecular weight excluding hydrogens is 232 g/mol. The molecule has 6 nitrogen and oxygen atoms in total. The van der Waals surface area contributed by atoms with Crippen LogP contribution in [0.2, 0.25) is 0 Å². The lowest BCUT2D eigenvalue weighted by atomic mass is 10.1. The van der Waals surface area contributed by atoms with E-state index >= 15 is 0 Å². The summed E-state index contributed by atoms with van der Waals surface area (Å²) in [5, 5.41) is 10.2. The second-order valence-electron chi connectivity index (χ2n) is 4.05. The SMILES string of the molecule is Cn1cnc(-c2cc(O)c3nc[nH]c(=O)c3c2)c1. The smallest absolute Gasteiger partial charge is 0.258 e. The van der Waals surface area contributed by atoms with Crippen LogP contribution in [0.25, 0.3) is 22.2 Å². The maximum atomic E-state index is 11.7. The van der Waals surface area contributed by atoms with E-state index < -0.39 is 0 Å². The van der Waals surface area contributed by atoms with Crippen LogP contribution in [0.4, 0.5) is 0 Å². The van der Waals surface area contributed by atoms with Crippen molar-refractivity contribution in [2.75, 3.05) is 0 Å². The first-order valence-corrected chi connectivity index (χ1v) is 5.34. The fourth-order valence-corrected chi connectivity index (χ4v) is 1.87. The predicted molar refractivity (Wildman–Crippen MR) is 66.2 cm³/mol. The molecule has 3 rings (SSSR count). The Bertz CT molecular complexity index is 788. The van der Waals surface area contributed by atoms with Crippen molar-refractivity contribution in [2.24, 2.45) is 7.05 Å². The van der Waals surface area contributed by atoms with Crippen LogP contribution < -0.4 is 5.56 Å². The van der Waals surface area contributed by atoms with Crippen LogP contribution in [0.15, 0.2) is 35.8 Å². The topological polar surface area (TPSA) is 83.8 Å². The molecule has 6 heteroatoms. The van der Waals surface area contributed by atoms with Gasteiger partial charge in [-0.1, -0.05) is 0 Å². The standard InChI is InChI=1S/C12H10N4O2/c1-16-4-9(15-6-16)7-2-8-11(10(17)3-7)13-5-14-12(8)18/h2-6,17H,1H3,(H,13,14,18). The summed E-state index contributed by atoms with van der Waals surface area (Å²) in [6.07, 6.45) is 4.74. The van der Waals surface area contributed by atoms with Crippen LogP contribution in [0.1, 0.15) is 0 Å². The third kappa shape index (κ3) is 1.55. The zero-order valence-electron chi connectivity index (χ0n) is 9.58. The number of aromatic nitrogens is 4. The number of H-pyrrole nitrogens is 1. The quantitative estimate of drug-likeness (QED) is 0.667. The number of nitrogens with zero attached hydrogens (tertiary/aromatic N) is 3. The number of hydrogen-bond donors (Lipinski definition) is 2. The van der Waals surface area contributed by atoms with E-state index in [0.29, 0.717) is 22.2 Å². The van der Waals surface area contributed by atoms with E-state index in [-0.39, 0.29) is 11.3 Å². The molecule has 0 aliphatic carbocycles. The molecule has 0 bridgehead atoms. The number of phenolic OH excluding ortho intramolecular Hbond substituents is 1. The maximum absolute atomic E-state index is 11.7. The fourth-order valence-electron chi connectivity index (χ4n) is 1.87. The van der Waals surface area contributed by atoms with Crippen molar-refractivity contribution < 1.29 is 5.11 Å². The number of aromatic amines is 1. The Balaban J connectivity index is 2.33. The van der Waals surface area contributed by atoms with Crippen LogP contribution >= 0.6 is 0 Å². The molecule has 18 heavy (non-hydrogen) atoms. The molecule has 2 heterocycles. The van der Waals surface area contributed by atoms with Gasteiger partial charge in [0.25, 0.3) is 5.56 Å². The summed E-state index contributed by atoms with van der Waals surface area (Å²) in [7, 11) is 1.85. The first-order chi connectivity index (χ1) is 8.65. The van der Waals surface area contributed by atoms with E-state index in [4.69, 9.17) is 0 Å². The van der Waals surface area contributed by atoms with Gasteiger partial charge in [0.05, 0.1) is 23.7 Å². The third-order valence-electron chi connectivity index (χ3n) is 2.72. The third-order valence-corrected chi connectivity index (χ3v) is 2.72. The van der Waals surface area contributed by atoms with Crippen LogP contribution in [-0.4, -0.2) is 24.6 Å². The van der Waals surface area contributed by atoms with Gasteiger partial charge in [0.1, 0.15) is 11.3 Å². The summed E-state index contributed by atoms with van der Waals surface area (Å²) in [6, 6.07) is 3.22. The fraction of sp³-hybridized carbons (Fsp3) is 0.0833. The van der Waals surface area contributed by atoms with E-state index in [1.807, 2.05) is 13.2 Å². The number of rotatable bonds is 1. The van der Waals surface area contributed by atoms with E-state index in [0.717, 1.165) is 0 Å². The van der Waals surface area contributed by atoms with Crippen LogP contribution in [-0.2, 0) is 7.05 Å². The van der Waals surface area contributed by atoms with Gasteiger partial charge in [-0.2, -0.15) is 0 Å². The molecule has 0 saturated heterocycles. The molecule has 0 aliphatic rings. The number of fused-ring (bicyclic) bond motifs is 1. The minimum absolute atomic E-state index is 0.0285. The summed E-state index contributed by atoms with van der Waals surface area (Å²) < 4.78 is 1.80. The van der Waals surface area contributed by atoms with Crippen molar-refractivity contribution in [2.45, 2.75) is 0 Å². The Kier molecular flexibility index (Phi) is 2.16. The molecular formula is C12H10N4O2. The summed E-state index contributed by atoms with van der Waals surface area (Å²) >= 11 is 0. The highest BCUT2D eigenvalue weighted by Crippen LogP contribution is 2.27. The Morgan fingerprint density at radius 2 is 2.17 bits per heavy atom. The van der Waals surface area contributed by atoms with Crippen molar-refractivity contribution in [3.63, 3.8) is 0 Å². The lowest BCUT2D eigenvalue weighted by Crippen LogP contribution is -2.06. The average Bonchev–Trinajstić information content (AvgIpc) is 2.77. The first kappa shape index (κ1) is 10.5. The van der Waals surface area contributed by atoms with Crippen molar-refractivity contribution in [3.8, 4) is 17.0 Å². The second kappa shape index (κ2) is 3.69. The van der Waals surface area contributed by atoms with Crippen LogP contribution in [0.3, 0.4) is 0 Å². The molecule has 0 radical (unpaired) electrons. The van der Waals surface area contributed by atoms with Crippen molar-refractivity contribution >= 4 is 10.9 Å². The number of aryl methyl sites for hydroxylation is 1. The molecule has 3 aromatic rings. The van der Waals surface area contributed by atoms with Crippen molar-refractivity contribution in [1.29, 1.82) is 0 Å². The van der Waals surface area contributed by atoms with Gasteiger partial charge in [0.2, 0.25) is 0 Å². The molecule has 0 unspecified atom stereocenters. The molecule has 0 atom stereocenters. The van der Waals surface area contributed by atoms with Gasteiger partial charge in [0, 0.05) is 18.8 Å². The normalized spacial score (nSPS) is 10.9. The monoisotopic (exact) mass is 242 g/mol. The van der Waals surface area contributed by atoms with E-state index in [1.54, 1.807) is 23.0 Å². The highest BCUT2D eigenvalue weighted by atomic mass is 16.3. The Morgan fingerprint density at radius 1 is 1.33 bits per heavy atom. The second-order valence-corrected chi connectivity index (χ2v) is 4.05. The number of nitrogens with one attached hydrogen (secondary N) is 1. The summed E-state index contributed by atoms with van der Waals surface area (Å²) in [5.41, 5.74) is 1.38. The van der Waals surface area contributed by atoms with Gasteiger partial charge >= 0.3 is 0 Å². The highest BCUT2D eigenvalue weighted by Gasteiger charge is 2.09. The van der Waals surface area contributed by atoms with Gasteiger partial charge in [-0.15, -0.1) is 0 Å². The lowest BCUT2D eigenvalue weighted by Gasteiger charge is -2.02. The average molecular weight is 242 g/mol. The molecule has 0 amide bonds. The van der Waals surface area contributed by atoms with Crippen molar-refractivity contribution in [3.05, 3.63) is 41.3 Å². The molecule has 1 aromatic carbocycles. The summed E-state index contributed by atoms with van der Waals surface area (Å²) in [6.45, 7) is 0. The van der Waals surface area contributed by atoms with Gasteiger partial charge < -0.3 is 14.7 Å². The van der Waals surface area contributed by atoms with E-state index in [1.165, 1.54) is 6.33 Å². The Hall–Kier alpha value is -2.63. The molecule has 0 saturated carbocycles. The maximum Gasteiger partial charge on any atom is 0.258 e. The van der Waals surface area contributed by atoms with Gasteiger partial charge in [0.15, 0.2) is 0 Å². The van der Waals surface area contributed by atoms with Gasteiger partial charge in [-0.3, -0.25) is 4.79 Å². The predicted octanol–water partition coefficient (Wildman–Crippen LogP) is 1.03. The molecule has 0 fully saturated rings. The number of hydrogen-bond acceptors (Lipinski definition) is 4. The Labute approximate surface area is 102 Å². The number of imidazole rings is 1. The summed E-state index contributed by atoms with van der Waals surface area (Å²) in [5.74, 6) is -0.0285. The molecule has 2 N–H and O–H groups in total. The molecule has 90 valence electrons. The largest absolute Gasteiger partial charge is 0.506 e. The summed E-state index contributed by atoms with van der Waals surface area (Å²) in [4.78, 5) is 22.3. The lowest BCUT2D eigenvalue weighted by molar-refractivity contribution is 0.480. The highest BCUT2D eigenvalue weighted by molar-refractivity contribution is 5.88. The van der Waals surface area contributed by atoms with Gasteiger partial charge in [-0.05, 0) is 12.1 Å².